The molecular weight excluding hydrogens is 420 g/mol. The minimum absolute atomic E-state index is 0.00939. The zero-order chi connectivity index (χ0) is 22.7. The van der Waals surface area contributed by atoms with Crippen LogP contribution in [0.5, 0.6) is 5.75 Å². The second-order valence-electron chi connectivity index (χ2n) is 9.49. The van der Waals surface area contributed by atoms with Crippen LogP contribution in [0, 0.1) is 18.8 Å². The summed E-state index contributed by atoms with van der Waals surface area (Å²) in [5.74, 6) is 3.25. The van der Waals surface area contributed by atoms with Crippen molar-refractivity contribution in [3.05, 3.63) is 41.7 Å². The molecule has 2 aliphatic rings. The van der Waals surface area contributed by atoms with Crippen molar-refractivity contribution in [2.45, 2.75) is 56.5 Å². The Morgan fingerprint density at radius 1 is 1.28 bits per heavy atom. The maximum atomic E-state index is 12.6. The Kier molecular flexibility index (Phi) is 7.46. The first kappa shape index (κ1) is 23.2. The van der Waals surface area contributed by atoms with Gasteiger partial charge >= 0.3 is 0 Å². The molecule has 2 bridgehead atoms. The first-order valence-electron chi connectivity index (χ1n) is 11.7. The van der Waals surface area contributed by atoms with Crippen molar-refractivity contribution >= 4 is 17.7 Å². The van der Waals surface area contributed by atoms with E-state index in [0.717, 1.165) is 30.3 Å². The highest BCUT2D eigenvalue weighted by atomic mass is 32.2. The van der Waals surface area contributed by atoms with Crippen LogP contribution >= 0.6 is 11.8 Å². The van der Waals surface area contributed by atoms with Gasteiger partial charge in [-0.05, 0) is 62.6 Å². The molecule has 2 fully saturated rings. The van der Waals surface area contributed by atoms with Crippen LogP contribution in [0.25, 0.3) is 0 Å². The Morgan fingerprint density at radius 3 is 2.66 bits per heavy atom. The third-order valence-electron chi connectivity index (χ3n) is 6.88. The Hall–Kier alpha value is -1.99. The number of thioether (sulfide) groups is 1. The second-order valence-corrected chi connectivity index (χ2v) is 10.6. The fraction of sp³-hybridized carbons (Fsp3) is 0.600. The van der Waals surface area contributed by atoms with Crippen molar-refractivity contribution < 1.29 is 9.53 Å². The van der Waals surface area contributed by atoms with E-state index in [9.17, 15) is 4.79 Å². The summed E-state index contributed by atoms with van der Waals surface area (Å²) < 4.78 is 7.16. The van der Waals surface area contributed by atoms with E-state index in [4.69, 9.17) is 4.74 Å². The molecule has 1 aromatic carbocycles. The van der Waals surface area contributed by atoms with Crippen molar-refractivity contribution in [1.29, 1.82) is 0 Å². The molecule has 1 amide bonds. The highest BCUT2D eigenvalue weighted by molar-refractivity contribution is 7.99. The molecule has 0 saturated carbocycles. The van der Waals surface area contributed by atoms with E-state index in [2.05, 4.69) is 34.4 Å². The summed E-state index contributed by atoms with van der Waals surface area (Å²) in [6.07, 6.45) is 4.96. The fourth-order valence-corrected chi connectivity index (χ4v) is 6.42. The van der Waals surface area contributed by atoms with E-state index in [-0.39, 0.29) is 5.91 Å². The van der Waals surface area contributed by atoms with Gasteiger partial charge in [0.2, 0.25) is 0 Å². The van der Waals surface area contributed by atoms with Gasteiger partial charge in [-0.1, -0.05) is 19.1 Å². The number of carbonyl (C=O) groups excluding carboxylic acids is 1. The smallest absolute Gasteiger partial charge is 0.269 e. The number of aryl methyl sites for hydroxylation is 2. The molecule has 32 heavy (non-hydrogen) atoms. The van der Waals surface area contributed by atoms with Crippen molar-refractivity contribution in [2.75, 3.05) is 26.0 Å². The van der Waals surface area contributed by atoms with Crippen LogP contribution in [0.2, 0.25) is 0 Å². The van der Waals surface area contributed by atoms with Crippen LogP contribution in [0.4, 0.5) is 0 Å². The number of fused-ring (bicyclic) bond motifs is 2. The number of carbonyl (C=O) groups is 1. The van der Waals surface area contributed by atoms with Gasteiger partial charge in [0.05, 0.1) is 12.8 Å². The highest BCUT2D eigenvalue weighted by Gasteiger charge is 2.40. The molecule has 4 rings (SSSR count). The molecule has 6 nitrogen and oxygen atoms in total. The second kappa shape index (κ2) is 10.3. The summed E-state index contributed by atoms with van der Waals surface area (Å²) in [5.41, 5.74) is 1.52. The summed E-state index contributed by atoms with van der Waals surface area (Å²) in [5, 5.41) is 7.45. The molecule has 174 valence electrons. The first-order chi connectivity index (χ1) is 15.4. The van der Waals surface area contributed by atoms with E-state index in [1.165, 1.54) is 30.6 Å². The third kappa shape index (κ3) is 5.31. The van der Waals surface area contributed by atoms with Gasteiger partial charge < -0.3 is 10.1 Å². The van der Waals surface area contributed by atoms with Crippen molar-refractivity contribution in [3.8, 4) is 5.75 Å². The summed E-state index contributed by atoms with van der Waals surface area (Å²) in [6.45, 7) is 6.21. The lowest BCUT2D eigenvalue weighted by molar-refractivity contribution is 0.0827. The molecule has 1 unspecified atom stereocenters. The van der Waals surface area contributed by atoms with Gasteiger partial charge in [0.15, 0.2) is 0 Å². The lowest BCUT2D eigenvalue weighted by Crippen LogP contribution is -2.47. The van der Waals surface area contributed by atoms with Gasteiger partial charge in [-0.3, -0.25) is 14.4 Å². The molecule has 2 aromatic rings. The Balaban J connectivity index is 1.25. The van der Waals surface area contributed by atoms with Gasteiger partial charge in [0.1, 0.15) is 11.4 Å². The highest BCUT2D eigenvalue weighted by Crippen LogP contribution is 2.39. The average Bonchev–Trinajstić information content (AvgIpc) is 3.23. The molecule has 4 atom stereocenters. The molecule has 3 heterocycles. The molecule has 7 heteroatoms. The Labute approximate surface area is 196 Å². The predicted octanol–water partition coefficient (Wildman–Crippen LogP) is 4.14. The van der Waals surface area contributed by atoms with Crippen LogP contribution in [-0.2, 0) is 7.05 Å². The van der Waals surface area contributed by atoms with Crippen molar-refractivity contribution in [2.24, 2.45) is 18.9 Å². The van der Waals surface area contributed by atoms with Gasteiger partial charge in [-0.15, -0.1) is 11.8 Å². The molecule has 2 aliphatic heterocycles. The number of aromatic nitrogens is 2. The zero-order valence-electron chi connectivity index (χ0n) is 19.7. The number of para-hydroxylation sites is 1. The van der Waals surface area contributed by atoms with Crippen molar-refractivity contribution in [3.63, 3.8) is 0 Å². The van der Waals surface area contributed by atoms with Gasteiger partial charge in [0.25, 0.3) is 5.91 Å². The number of rotatable bonds is 9. The standard InChI is InChI=1S/C25H36N4O2S/c1-17(16-32-24-8-6-5-7-23(24)31-4)15-29-20-9-10-21(29)13-19(12-20)14-26-25(30)22-11-18(2)27-28(22)3/h5-8,11,17,19-21H,9-10,12-16H2,1-4H3,(H,26,30)/t17-,19?,20-,21+/m0/s1. The lowest BCUT2D eigenvalue weighted by atomic mass is 9.90. The number of nitrogens with one attached hydrogen (secondary N) is 1. The average molecular weight is 457 g/mol. The van der Waals surface area contributed by atoms with E-state index in [0.29, 0.717) is 29.6 Å². The van der Waals surface area contributed by atoms with E-state index in [1.54, 1.807) is 11.8 Å². The zero-order valence-corrected chi connectivity index (χ0v) is 20.5. The van der Waals surface area contributed by atoms with E-state index < -0.39 is 0 Å². The topological polar surface area (TPSA) is 59.4 Å². The third-order valence-corrected chi connectivity index (χ3v) is 8.27. The van der Waals surface area contributed by atoms with Crippen LogP contribution in [0.15, 0.2) is 35.2 Å². The normalized spacial score (nSPS) is 23.8. The van der Waals surface area contributed by atoms with Gasteiger partial charge in [-0.2, -0.15) is 5.10 Å². The van der Waals surface area contributed by atoms with Crippen LogP contribution in [0.1, 0.15) is 48.8 Å². The van der Waals surface area contributed by atoms with Gasteiger partial charge in [0, 0.05) is 42.9 Å². The predicted molar refractivity (Wildman–Crippen MR) is 129 cm³/mol. The van der Waals surface area contributed by atoms with Crippen molar-refractivity contribution in [1.82, 2.24) is 20.0 Å². The monoisotopic (exact) mass is 456 g/mol. The minimum Gasteiger partial charge on any atom is -0.496 e. The van der Waals surface area contributed by atoms with Gasteiger partial charge in [-0.25, -0.2) is 0 Å². The largest absolute Gasteiger partial charge is 0.496 e. The number of methoxy groups -OCH3 is 1. The number of hydrogen-bond donors (Lipinski definition) is 1. The summed E-state index contributed by atoms with van der Waals surface area (Å²) >= 11 is 1.90. The SMILES string of the molecule is COc1ccccc1SC[C@@H](C)CN1[C@@H]2CC[C@H]1CC(CNC(=O)c1cc(C)nn1C)C2. The number of nitrogens with zero attached hydrogens (tertiary/aromatic N) is 3. The summed E-state index contributed by atoms with van der Waals surface area (Å²) in [7, 11) is 3.57. The number of benzene rings is 1. The molecule has 0 aliphatic carbocycles. The van der Waals surface area contributed by atoms with E-state index in [1.807, 2.05) is 43.9 Å². The molecular formula is C25H36N4O2S. The van der Waals surface area contributed by atoms with E-state index >= 15 is 0 Å². The Morgan fingerprint density at radius 2 is 2.00 bits per heavy atom. The Bertz CT molecular complexity index is 916. The maximum absolute atomic E-state index is 12.6. The summed E-state index contributed by atoms with van der Waals surface area (Å²) in [6, 6.07) is 11.5. The molecule has 1 aromatic heterocycles. The quantitative estimate of drug-likeness (QED) is 0.575. The molecule has 0 spiro atoms. The van der Waals surface area contributed by atoms with Crippen LogP contribution in [-0.4, -0.2) is 58.6 Å². The first-order valence-corrected chi connectivity index (χ1v) is 12.7. The number of piperidine rings is 1. The minimum atomic E-state index is -0.00939. The summed E-state index contributed by atoms with van der Waals surface area (Å²) in [4.78, 5) is 16.5. The molecule has 2 saturated heterocycles. The molecule has 0 radical (unpaired) electrons. The number of amides is 1. The number of hydrogen-bond acceptors (Lipinski definition) is 5. The molecule has 1 N–H and O–H groups in total. The number of ether oxygens (including phenoxy) is 1. The van der Waals surface area contributed by atoms with Crippen LogP contribution < -0.4 is 10.1 Å². The maximum Gasteiger partial charge on any atom is 0.269 e. The lowest BCUT2D eigenvalue weighted by Gasteiger charge is -2.40. The fourth-order valence-electron chi connectivity index (χ4n) is 5.39. The van der Waals surface area contributed by atoms with Crippen LogP contribution in [0.3, 0.4) is 0 Å².